The highest BCUT2D eigenvalue weighted by atomic mass is 32.1. The van der Waals surface area contributed by atoms with E-state index in [4.69, 9.17) is 10.8 Å². The van der Waals surface area contributed by atoms with Crippen LogP contribution in [0.15, 0.2) is 17.5 Å². The van der Waals surface area contributed by atoms with Crippen LogP contribution in [0.4, 0.5) is 0 Å². The quantitative estimate of drug-likeness (QED) is 0.741. The maximum Gasteiger partial charge on any atom is 0.0500 e. The standard InChI is InChI=1S/C9H15NOS/c1-9(6-10,7-11)5-8-3-2-4-12-8/h2-4,11H,5-7,10H2,1H3/t9-/m0/s1. The molecule has 1 rings (SSSR count). The Morgan fingerprint density at radius 2 is 2.42 bits per heavy atom. The van der Waals surface area contributed by atoms with Gasteiger partial charge in [0.15, 0.2) is 0 Å². The summed E-state index contributed by atoms with van der Waals surface area (Å²) in [5.74, 6) is 0. The molecule has 0 saturated heterocycles. The Morgan fingerprint density at radius 1 is 1.67 bits per heavy atom. The first-order valence-corrected chi connectivity index (χ1v) is 4.91. The molecule has 0 fully saturated rings. The van der Waals surface area contributed by atoms with Gasteiger partial charge in [-0.2, -0.15) is 0 Å². The fourth-order valence-electron chi connectivity index (χ4n) is 1.03. The minimum atomic E-state index is -0.148. The molecule has 1 aromatic rings. The van der Waals surface area contributed by atoms with Crippen molar-refractivity contribution in [3.8, 4) is 0 Å². The van der Waals surface area contributed by atoms with Crippen molar-refractivity contribution in [2.75, 3.05) is 13.2 Å². The van der Waals surface area contributed by atoms with Gasteiger partial charge in [0.2, 0.25) is 0 Å². The molecule has 1 atom stereocenters. The third-order valence-corrected chi connectivity index (χ3v) is 2.93. The number of thiophene rings is 1. The summed E-state index contributed by atoms with van der Waals surface area (Å²) in [6.45, 7) is 2.69. The van der Waals surface area contributed by atoms with E-state index in [2.05, 4.69) is 6.07 Å². The highest BCUT2D eigenvalue weighted by Gasteiger charge is 2.22. The topological polar surface area (TPSA) is 46.2 Å². The summed E-state index contributed by atoms with van der Waals surface area (Å²) in [5, 5.41) is 11.2. The molecule has 0 aliphatic carbocycles. The number of nitrogens with two attached hydrogens (primary N) is 1. The summed E-state index contributed by atoms with van der Waals surface area (Å²) in [5.41, 5.74) is 5.43. The van der Waals surface area contributed by atoms with Gasteiger partial charge in [-0.05, 0) is 17.9 Å². The highest BCUT2D eigenvalue weighted by molar-refractivity contribution is 7.09. The zero-order valence-corrected chi connectivity index (χ0v) is 8.10. The first-order chi connectivity index (χ1) is 5.70. The molecular formula is C9H15NOS. The number of hydrogen-bond donors (Lipinski definition) is 2. The van der Waals surface area contributed by atoms with Gasteiger partial charge in [-0.3, -0.25) is 0 Å². The van der Waals surface area contributed by atoms with Gasteiger partial charge in [0.05, 0.1) is 0 Å². The lowest BCUT2D eigenvalue weighted by molar-refractivity contribution is 0.150. The number of rotatable bonds is 4. The maximum absolute atomic E-state index is 9.11. The van der Waals surface area contributed by atoms with E-state index in [1.165, 1.54) is 4.88 Å². The van der Waals surface area contributed by atoms with E-state index in [1.807, 2.05) is 18.4 Å². The smallest absolute Gasteiger partial charge is 0.0500 e. The summed E-state index contributed by atoms with van der Waals surface area (Å²) in [4.78, 5) is 1.29. The third kappa shape index (κ3) is 2.30. The lowest BCUT2D eigenvalue weighted by Crippen LogP contribution is -2.32. The van der Waals surface area contributed by atoms with Crippen LogP contribution in [0.25, 0.3) is 0 Å². The van der Waals surface area contributed by atoms with Crippen LogP contribution < -0.4 is 5.73 Å². The monoisotopic (exact) mass is 185 g/mol. The summed E-state index contributed by atoms with van der Waals surface area (Å²) in [6, 6.07) is 4.10. The molecule has 1 heterocycles. The van der Waals surface area contributed by atoms with Crippen molar-refractivity contribution >= 4 is 11.3 Å². The third-order valence-electron chi connectivity index (χ3n) is 2.06. The number of aliphatic hydroxyl groups is 1. The summed E-state index contributed by atoms with van der Waals surface area (Å²) < 4.78 is 0. The predicted molar refractivity (Wildman–Crippen MR) is 52.3 cm³/mol. The van der Waals surface area contributed by atoms with Crippen LogP contribution >= 0.6 is 11.3 Å². The second kappa shape index (κ2) is 4.03. The molecule has 2 nitrogen and oxygen atoms in total. The molecule has 0 amide bonds. The minimum absolute atomic E-state index is 0.148. The molecule has 0 aromatic carbocycles. The van der Waals surface area contributed by atoms with E-state index in [1.54, 1.807) is 11.3 Å². The average Bonchev–Trinajstić information content (AvgIpc) is 2.57. The van der Waals surface area contributed by atoms with E-state index < -0.39 is 0 Å². The van der Waals surface area contributed by atoms with Crippen molar-refractivity contribution < 1.29 is 5.11 Å². The van der Waals surface area contributed by atoms with Crippen molar-refractivity contribution in [2.45, 2.75) is 13.3 Å². The Kier molecular flexibility index (Phi) is 3.26. The predicted octanol–water partition coefficient (Wildman–Crippen LogP) is 1.25. The molecule has 12 heavy (non-hydrogen) atoms. The van der Waals surface area contributed by atoms with Gasteiger partial charge in [-0.15, -0.1) is 11.3 Å². The molecule has 0 radical (unpaired) electrons. The van der Waals surface area contributed by atoms with Crippen LogP contribution in [0.2, 0.25) is 0 Å². The fraction of sp³-hybridized carbons (Fsp3) is 0.556. The lowest BCUT2D eigenvalue weighted by atomic mass is 9.87. The van der Waals surface area contributed by atoms with Crippen molar-refractivity contribution in [2.24, 2.45) is 11.1 Å². The van der Waals surface area contributed by atoms with Crippen molar-refractivity contribution in [1.29, 1.82) is 0 Å². The second-order valence-electron chi connectivity index (χ2n) is 3.43. The molecule has 0 saturated carbocycles. The molecule has 68 valence electrons. The van der Waals surface area contributed by atoms with Crippen molar-refractivity contribution in [3.63, 3.8) is 0 Å². The van der Waals surface area contributed by atoms with Crippen LogP contribution in [0.1, 0.15) is 11.8 Å². The Hall–Kier alpha value is -0.380. The molecule has 0 aliphatic heterocycles. The zero-order valence-electron chi connectivity index (χ0n) is 7.29. The van der Waals surface area contributed by atoms with E-state index in [0.29, 0.717) is 6.54 Å². The molecule has 0 bridgehead atoms. The fourth-order valence-corrected chi connectivity index (χ4v) is 1.95. The second-order valence-corrected chi connectivity index (χ2v) is 4.46. The minimum Gasteiger partial charge on any atom is -0.396 e. The van der Waals surface area contributed by atoms with Gasteiger partial charge in [-0.25, -0.2) is 0 Å². The average molecular weight is 185 g/mol. The highest BCUT2D eigenvalue weighted by Crippen LogP contribution is 2.23. The van der Waals surface area contributed by atoms with Gasteiger partial charge in [0.25, 0.3) is 0 Å². The van der Waals surface area contributed by atoms with Crippen LogP contribution in [0, 0.1) is 5.41 Å². The zero-order chi connectivity index (χ0) is 9.03. The molecule has 0 unspecified atom stereocenters. The molecule has 0 aliphatic rings. The molecule has 0 spiro atoms. The van der Waals surface area contributed by atoms with Gasteiger partial charge >= 0.3 is 0 Å². The van der Waals surface area contributed by atoms with Gasteiger partial charge in [-0.1, -0.05) is 13.0 Å². The van der Waals surface area contributed by atoms with E-state index in [9.17, 15) is 0 Å². The summed E-state index contributed by atoms with van der Waals surface area (Å²) in [6.07, 6.45) is 0.873. The van der Waals surface area contributed by atoms with E-state index in [-0.39, 0.29) is 12.0 Å². The SMILES string of the molecule is C[C@](CN)(CO)Cc1cccs1. The molecule has 3 heteroatoms. The van der Waals surface area contributed by atoms with Gasteiger partial charge in [0, 0.05) is 23.4 Å². The van der Waals surface area contributed by atoms with E-state index in [0.717, 1.165) is 6.42 Å². The Balaban J connectivity index is 2.60. The van der Waals surface area contributed by atoms with Crippen LogP contribution in [0.5, 0.6) is 0 Å². The molecule has 3 N–H and O–H groups in total. The van der Waals surface area contributed by atoms with Crippen LogP contribution in [-0.2, 0) is 6.42 Å². The van der Waals surface area contributed by atoms with Gasteiger partial charge < -0.3 is 10.8 Å². The Bertz CT molecular complexity index is 216. The normalized spacial score (nSPS) is 15.9. The maximum atomic E-state index is 9.11. The Morgan fingerprint density at radius 3 is 2.83 bits per heavy atom. The van der Waals surface area contributed by atoms with Crippen LogP contribution in [0.3, 0.4) is 0 Å². The van der Waals surface area contributed by atoms with E-state index >= 15 is 0 Å². The molecular weight excluding hydrogens is 170 g/mol. The van der Waals surface area contributed by atoms with Crippen LogP contribution in [-0.4, -0.2) is 18.3 Å². The lowest BCUT2D eigenvalue weighted by Gasteiger charge is -2.24. The molecule has 1 aromatic heterocycles. The van der Waals surface area contributed by atoms with Crippen molar-refractivity contribution in [3.05, 3.63) is 22.4 Å². The first kappa shape index (κ1) is 9.71. The Labute approximate surface area is 77.0 Å². The number of aliphatic hydroxyl groups excluding tert-OH is 1. The largest absolute Gasteiger partial charge is 0.396 e. The first-order valence-electron chi connectivity index (χ1n) is 4.03. The number of hydrogen-bond acceptors (Lipinski definition) is 3. The summed E-state index contributed by atoms with van der Waals surface area (Å²) >= 11 is 1.71. The summed E-state index contributed by atoms with van der Waals surface area (Å²) in [7, 11) is 0. The van der Waals surface area contributed by atoms with Gasteiger partial charge in [0.1, 0.15) is 0 Å². The van der Waals surface area contributed by atoms with Crippen molar-refractivity contribution in [1.82, 2.24) is 0 Å².